The number of ether oxygens (including phenoxy) is 1. The molecule has 1 unspecified atom stereocenters. The van der Waals surface area contributed by atoms with Gasteiger partial charge in [0, 0.05) is 5.70 Å². The summed E-state index contributed by atoms with van der Waals surface area (Å²) in [5.74, 6) is 1.18. The first-order valence-corrected chi connectivity index (χ1v) is 8.90. The smallest absolute Gasteiger partial charge is 0.376 e. The largest absolute Gasteiger partial charge is 0.463 e. The van der Waals surface area contributed by atoms with E-state index in [9.17, 15) is 4.79 Å². The molecule has 7 nitrogen and oxygen atoms in total. The first-order chi connectivity index (χ1) is 13.8. The highest BCUT2D eigenvalue weighted by atomic mass is 16.5. The van der Waals surface area contributed by atoms with E-state index >= 15 is 0 Å². The molecule has 0 fully saturated rings. The maximum atomic E-state index is 12.5. The van der Waals surface area contributed by atoms with E-state index in [1.54, 1.807) is 11.2 Å². The number of benzene rings is 2. The SMILES string of the molecule is COC(=O)C1=NN(c2ccccc2)C2=CN=C3NC(c4ccccc4)=CC3N21. The zero-order valence-electron chi connectivity index (χ0n) is 15.1. The zero-order chi connectivity index (χ0) is 19.1. The van der Waals surface area contributed by atoms with Gasteiger partial charge in [-0.25, -0.2) is 14.8 Å². The van der Waals surface area contributed by atoms with Gasteiger partial charge in [0.05, 0.1) is 19.0 Å². The van der Waals surface area contributed by atoms with E-state index in [-0.39, 0.29) is 11.9 Å². The second-order valence-electron chi connectivity index (χ2n) is 6.45. The van der Waals surface area contributed by atoms with Crippen molar-refractivity contribution in [2.24, 2.45) is 10.1 Å². The molecule has 0 saturated carbocycles. The lowest BCUT2D eigenvalue weighted by Crippen LogP contribution is -2.47. The number of rotatable bonds is 3. The predicted molar refractivity (Wildman–Crippen MR) is 107 cm³/mol. The molecule has 2 aromatic rings. The molecule has 0 aromatic heterocycles. The quantitative estimate of drug-likeness (QED) is 0.840. The van der Waals surface area contributed by atoms with Gasteiger partial charge in [-0.1, -0.05) is 48.5 Å². The summed E-state index contributed by atoms with van der Waals surface area (Å²) >= 11 is 0. The lowest BCUT2D eigenvalue weighted by atomic mass is 10.1. The minimum absolute atomic E-state index is 0.224. The number of carbonyl (C=O) groups is 1. The molecule has 2 aromatic carbocycles. The summed E-state index contributed by atoms with van der Waals surface area (Å²) in [4.78, 5) is 18.9. The molecule has 3 aliphatic rings. The number of carbonyl (C=O) groups excluding carboxylic acids is 1. The van der Waals surface area contributed by atoms with E-state index in [1.807, 2.05) is 71.6 Å². The molecule has 1 atom stereocenters. The molecule has 28 heavy (non-hydrogen) atoms. The molecule has 0 amide bonds. The molecule has 0 saturated heterocycles. The summed E-state index contributed by atoms with van der Waals surface area (Å²) in [6.07, 6.45) is 3.77. The number of nitrogens with zero attached hydrogens (tertiary/aromatic N) is 4. The van der Waals surface area contributed by atoms with Crippen molar-refractivity contribution in [3.8, 4) is 0 Å². The van der Waals surface area contributed by atoms with Gasteiger partial charge >= 0.3 is 5.97 Å². The van der Waals surface area contributed by atoms with Crippen molar-refractivity contribution in [2.75, 3.05) is 12.1 Å². The number of anilines is 1. The molecular formula is C21H17N5O2. The van der Waals surface area contributed by atoms with Crippen molar-refractivity contribution < 1.29 is 9.53 Å². The summed E-state index contributed by atoms with van der Waals surface area (Å²) < 4.78 is 4.98. The summed E-state index contributed by atoms with van der Waals surface area (Å²) in [5.41, 5.74) is 2.84. The van der Waals surface area contributed by atoms with E-state index in [0.29, 0.717) is 5.82 Å². The molecule has 0 radical (unpaired) electrons. The van der Waals surface area contributed by atoms with Crippen LogP contribution in [-0.4, -0.2) is 35.7 Å². The fraction of sp³-hybridized carbons (Fsp3) is 0.0952. The topological polar surface area (TPSA) is 69.5 Å². The lowest BCUT2D eigenvalue weighted by molar-refractivity contribution is -0.133. The molecule has 3 heterocycles. The van der Waals surface area contributed by atoms with E-state index in [4.69, 9.17) is 4.74 Å². The van der Waals surface area contributed by atoms with Gasteiger partial charge < -0.3 is 10.1 Å². The number of esters is 1. The Bertz CT molecular complexity index is 1060. The highest BCUT2D eigenvalue weighted by Crippen LogP contribution is 2.35. The van der Waals surface area contributed by atoms with E-state index in [2.05, 4.69) is 15.4 Å². The van der Waals surface area contributed by atoms with Gasteiger partial charge in [0.15, 0.2) is 5.82 Å². The van der Waals surface area contributed by atoms with Crippen LogP contribution in [0.5, 0.6) is 0 Å². The van der Waals surface area contributed by atoms with Gasteiger partial charge in [0.2, 0.25) is 5.84 Å². The molecule has 3 aliphatic heterocycles. The summed E-state index contributed by atoms with van der Waals surface area (Å²) in [5, 5.41) is 9.60. The number of hydrogen-bond acceptors (Lipinski definition) is 7. The number of hydrogen-bond donors (Lipinski definition) is 1. The van der Waals surface area contributed by atoms with Crippen LogP contribution in [0.25, 0.3) is 5.70 Å². The van der Waals surface area contributed by atoms with Gasteiger partial charge in [0.1, 0.15) is 11.9 Å². The number of para-hydroxylation sites is 1. The third-order valence-electron chi connectivity index (χ3n) is 4.80. The fourth-order valence-electron chi connectivity index (χ4n) is 3.49. The number of aliphatic imine (C=N–C) groups is 1. The first-order valence-electron chi connectivity index (χ1n) is 8.90. The van der Waals surface area contributed by atoms with Crippen molar-refractivity contribution in [1.29, 1.82) is 0 Å². The number of nitrogens with one attached hydrogen (secondary N) is 1. The second kappa shape index (κ2) is 6.38. The van der Waals surface area contributed by atoms with Gasteiger partial charge in [-0.05, 0) is 23.8 Å². The van der Waals surface area contributed by atoms with Gasteiger partial charge in [-0.15, -0.1) is 5.10 Å². The van der Waals surface area contributed by atoms with Gasteiger partial charge in [-0.3, -0.25) is 4.90 Å². The van der Waals surface area contributed by atoms with Crippen molar-refractivity contribution in [3.05, 3.63) is 84.3 Å². The molecule has 1 N–H and O–H groups in total. The van der Waals surface area contributed by atoms with Crippen LogP contribution in [-0.2, 0) is 9.53 Å². The number of hydrazone groups is 1. The Kier molecular flexibility index (Phi) is 3.72. The second-order valence-corrected chi connectivity index (χ2v) is 6.45. The Labute approximate surface area is 161 Å². The first kappa shape index (κ1) is 16.3. The Morgan fingerprint density at radius 3 is 2.50 bits per heavy atom. The van der Waals surface area contributed by atoms with Crippen LogP contribution in [0.2, 0.25) is 0 Å². The fourth-order valence-corrected chi connectivity index (χ4v) is 3.49. The Morgan fingerprint density at radius 1 is 1.07 bits per heavy atom. The van der Waals surface area contributed by atoms with Gasteiger partial charge in [0.25, 0.3) is 0 Å². The Morgan fingerprint density at radius 2 is 1.79 bits per heavy atom. The third kappa shape index (κ3) is 2.48. The van der Waals surface area contributed by atoms with Crippen LogP contribution >= 0.6 is 0 Å². The predicted octanol–water partition coefficient (Wildman–Crippen LogP) is 2.52. The van der Waals surface area contributed by atoms with E-state index in [1.165, 1.54) is 7.11 Å². The summed E-state index contributed by atoms with van der Waals surface area (Å²) in [6, 6.07) is 19.4. The third-order valence-corrected chi connectivity index (χ3v) is 4.80. The average molecular weight is 371 g/mol. The van der Waals surface area contributed by atoms with Crippen molar-refractivity contribution in [3.63, 3.8) is 0 Å². The van der Waals surface area contributed by atoms with Crippen LogP contribution < -0.4 is 10.3 Å². The normalized spacial score (nSPS) is 19.7. The van der Waals surface area contributed by atoms with Crippen molar-refractivity contribution in [2.45, 2.75) is 6.04 Å². The van der Waals surface area contributed by atoms with Crippen molar-refractivity contribution in [1.82, 2.24) is 10.2 Å². The van der Waals surface area contributed by atoms with Crippen LogP contribution in [0.3, 0.4) is 0 Å². The lowest BCUT2D eigenvalue weighted by Gasteiger charge is -2.30. The average Bonchev–Trinajstić information content (AvgIpc) is 3.36. The summed E-state index contributed by atoms with van der Waals surface area (Å²) in [6.45, 7) is 0. The highest BCUT2D eigenvalue weighted by Gasteiger charge is 2.44. The Balaban J connectivity index is 1.57. The van der Waals surface area contributed by atoms with Crippen LogP contribution in [0.4, 0.5) is 5.69 Å². The number of methoxy groups -OCH3 is 1. The van der Waals surface area contributed by atoms with Gasteiger partial charge in [-0.2, -0.15) is 0 Å². The van der Waals surface area contributed by atoms with Crippen LogP contribution in [0.15, 0.2) is 88.9 Å². The molecular weight excluding hydrogens is 354 g/mol. The zero-order valence-corrected chi connectivity index (χ0v) is 15.1. The minimum atomic E-state index is -0.493. The van der Waals surface area contributed by atoms with E-state index in [0.717, 1.165) is 22.8 Å². The maximum Gasteiger partial charge on any atom is 0.376 e. The molecule has 0 spiro atoms. The Hall–Kier alpha value is -3.87. The molecule has 138 valence electrons. The minimum Gasteiger partial charge on any atom is -0.463 e. The number of amidine groups is 2. The molecule has 0 bridgehead atoms. The summed E-state index contributed by atoms with van der Waals surface area (Å²) in [7, 11) is 1.36. The number of fused-ring (bicyclic) bond motifs is 3. The van der Waals surface area contributed by atoms with Crippen LogP contribution in [0, 0.1) is 0 Å². The molecule has 5 rings (SSSR count). The highest BCUT2D eigenvalue weighted by molar-refractivity contribution is 6.37. The van der Waals surface area contributed by atoms with Crippen LogP contribution in [0.1, 0.15) is 5.56 Å². The van der Waals surface area contributed by atoms with Crippen molar-refractivity contribution >= 4 is 29.0 Å². The monoisotopic (exact) mass is 371 g/mol. The molecule has 0 aliphatic carbocycles. The maximum absolute atomic E-state index is 12.5. The van der Waals surface area contributed by atoms with E-state index < -0.39 is 5.97 Å². The molecule has 7 heteroatoms. The standard InChI is InChI=1S/C21H17N5O2/c1-28-21(27)20-24-26(15-10-6-3-7-11-15)18-13-22-19-17(25(18)20)12-16(23-19)14-8-4-2-5-9-14/h2-13,17H,1H3,(H,22,23).